The van der Waals surface area contributed by atoms with Gasteiger partial charge in [-0.25, -0.2) is 9.89 Å². The van der Waals surface area contributed by atoms with Crippen LogP contribution in [-0.4, -0.2) is 32.2 Å². The molecule has 0 aliphatic carbocycles. The van der Waals surface area contributed by atoms with Crippen LogP contribution < -0.4 is 0 Å². The molecule has 1 aromatic carbocycles. The zero-order valence-corrected chi connectivity index (χ0v) is 11.9. The third-order valence-electron chi connectivity index (χ3n) is 2.90. The summed E-state index contributed by atoms with van der Waals surface area (Å²) < 4.78 is 6.91. The van der Waals surface area contributed by atoms with E-state index < -0.39 is 5.97 Å². The summed E-state index contributed by atoms with van der Waals surface area (Å²) in [7, 11) is 0. The Morgan fingerprint density at radius 1 is 1.36 bits per heavy atom. The van der Waals surface area contributed by atoms with Crippen LogP contribution in [0, 0.1) is 4.77 Å². The van der Waals surface area contributed by atoms with Gasteiger partial charge in [0.2, 0.25) is 10.6 Å². The lowest BCUT2D eigenvalue weighted by atomic mass is 10.1. The molecule has 3 aromatic rings. The summed E-state index contributed by atoms with van der Waals surface area (Å²) in [5.74, 6) is -0.126. The Hall–Kier alpha value is -3.00. The van der Waals surface area contributed by atoms with Crippen molar-refractivity contribution in [3.8, 4) is 11.6 Å². The van der Waals surface area contributed by atoms with E-state index in [0.717, 1.165) is 0 Å². The minimum atomic E-state index is -1.02. The van der Waals surface area contributed by atoms with E-state index >= 15 is 0 Å². The second kappa shape index (κ2) is 5.78. The van der Waals surface area contributed by atoms with Crippen molar-refractivity contribution in [3.05, 3.63) is 58.6 Å². The van der Waals surface area contributed by atoms with Gasteiger partial charge in [0.25, 0.3) is 0 Å². The van der Waals surface area contributed by atoms with E-state index in [4.69, 9.17) is 21.7 Å². The molecule has 0 radical (unpaired) electrons. The second-order valence-electron chi connectivity index (χ2n) is 4.28. The first kappa shape index (κ1) is 14.0. The molecule has 0 saturated heterocycles. The largest absolute Gasteiger partial charge is 0.478 e. The molecule has 2 N–H and O–H groups in total. The Labute approximate surface area is 129 Å². The number of hydrogen-bond donors (Lipinski definition) is 2. The van der Waals surface area contributed by atoms with Crippen molar-refractivity contribution in [2.45, 2.75) is 0 Å². The van der Waals surface area contributed by atoms with Crippen molar-refractivity contribution in [1.82, 2.24) is 14.9 Å². The predicted molar refractivity (Wildman–Crippen MR) is 81.5 cm³/mol. The number of carboxylic acid groups (broad SMARTS) is 1. The molecule has 0 saturated carbocycles. The number of aromatic carboxylic acids is 1. The highest BCUT2D eigenvalue weighted by molar-refractivity contribution is 7.71. The minimum absolute atomic E-state index is 0.154. The standard InChI is InChI=1S/C14H10N4O3S/c19-13(20)10-5-2-1-4-9(10)8-15-18-12(16-17-14(18)22)11-6-3-7-21-11/h1-8H,(H,17,22)(H,19,20)/b15-8+. The van der Waals surface area contributed by atoms with Crippen molar-refractivity contribution in [3.63, 3.8) is 0 Å². The molecule has 7 nitrogen and oxygen atoms in total. The zero-order chi connectivity index (χ0) is 15.5. The average molecular weight is 314 g/mol. The highest BCUT2D eigenvalue weighted by Gasteiger charge is 2.11. The van der Waals surface area contributed by atoms with Gasteiger partial charge in [-0.05, 0) is 30.4 Å². The van der Waals surface area contributed by atoms with Crippen LogP contribution in [0.15, 0.2) is 52.2 Å². The van der Waals surface area contributed by atoms with E-state index in [2.05, 4.69) is 15.3 Å². The topological polar surface area (TPSA) is 96.4 Å². The molecule has 0 fully saturated rings. The lowest BCUT2D eigenvalue weighted by Gasteiger charge is -2.00. The van der Waals surface area contributed by atoms with E-state index in [-0.39, 0.29) is 10.3 Å². The number of rotatable bonds is 4. The molecule has 0 unspecified atom stereocenters. The van der Waals surface area contributed by atoms with Gasteiger partial charge >= 0.3 is 5.97 Å². The molecule has 0 spiro atoms. The van der Waals surface area contributed by atoms with E-state index in [1.165, 1.54) is 23.2 Å². The van der Waals surface area contributed by atoms with Crippen LogP contribution in [0.3, 0.4) is 0 Å². The molecular formula is C14H10N4O3S. The SMILES string of the molecule is O=C(O)c1ccccc1/C=N/n1c(-c2ccco2)n[nH]c1=S. The third kappa shape index (κ3) is 2.59. The summed E-state index contributed by atoms with van der Waals surface area (Å²) in [5, 5.41) is 20.0. The van der Waals surface area contributed by atoms with Gasteiger partial charge in [0.1, 0.15) is 0 Å². The summed E-state index contributed by atoms with van der Waals surface area (Å²) in [6.07, 6.45) is 2.93. The molecule has 3 rings (SSSR count). The van der Waals surface area contributed by atoms with Gasteiger partial charge in [0.15, 0.2) is 5.76 Å². The number of hydrogen-bond acceptors (Lipinski definition) is 5. The van der Waals surface area contributed by atoms with Crippen LogP contribution in [0.25, 0.3) is 11.6 Å². The van der Waals surface area contributed by atoms with Gasteiger partial charge < -0.3 is 9.52 Å². The Morgan fingerprint density at radius 2 is 2.18 bits per heavy atom. The molecule has 110 valence electrons. The first-order valence-electron chi connectivity index (χ1n) is 6.25. The Balaban J connectivity index is 2.03. The Kier molecular flexibility index (Phi) is 3.67. The van der Waals surface area contributed by atoms with Crippen molar-refractivity contribution >= 4 is 24.4 Å². The van der Waals surface area contributed by atoms with Crippen LogP contribution in [-0.2, 0) is 0 Å². The maximum atomic E-state index is 11.2. The summed E-state index contributed by atoms with van der Waals surface area (Å²) in [4.78, 5) is 11.2. The lowest BCUT2D eigenvalue weighted by molar-refractivity contribution is 0.0697. The van der Waals surface area contributed by atoms with Crippen molar-refractivity contribution in [2.24, 2.45) is 5.10 Å². The molecule has 0 bridgehead atoms. The van der Waals surface area contributed by atoms with E-state index in [1.54, 1.807) is 30.3 Å². The van der Waals surface area contributed by atoms with Crippen LogP contribution in [0.4, 0.5) is 0 Å². The van der Waals surface area contributed by atoms with E-state index in [1.807, 2.05) is 0 Å². The Morgan fingerprint density at radius 3 is 2.91 bits per heavy atom. The first-order chi connectivity index (χ1) is 10.7. The number of carboxylic acids is 1. The molecule has 0 atom stereocenters. The normalized spacial score (nSPS) is 11.1. The number of benzene rings is 1. The van der Waals surface area contributed by atoms with Crippen LogP contribution in [0.5, 0.6) is 0 Å². The molecule has 0 aliphatic heterocycles. The molecule has 22 heavy (non-hydrogen) atoms. The fourth-order valence-electron chi connectivity index (χ4n) is 1.89. The van der Waals surface area contributed by atoms with Crippen molar-refractivity contribution < 1.29 is 14.3 Å². The van der Waals surface area contributed by atoms with Gasteiger partial charge in [-0.15, -0.1) is 5.10 Å². The molecule has 0 amide bonds. The summed E-state index contributed by atoms with van der Waals surface area (Å²) >= 11 is 5.12. The van der Waals surface area contributed by atoms with Gasteiger partial charge in [-0.1, -0.05) is 18.2 Å². The fraction of sp³-hybridized carbons (Fsp3) is 0. The number of furan rings is 1. The Bertz CT molecular complexity index is 893. The zero-order valence-electron chi connectivity index (χ0n) is 11.1. The van der Waals surface area contributed by atoms with Crippen LogP contribution >= 0.6 is 12.2 Å². The van der Waals surface area contributed by atoms with Crippen molar-refractivity contribution in [1.29, 1.82) is 0 Å². The van der Waals surface area contributed by atoms with Gasteiger partial charge in [-0.2, -0.15) is 9.78 Å². The van der Waals surface area contributed by atoms with Gasteiger partial charge in [-0.3, -0.25) is 0 Å². The lowest BCUT2D eigenvalue weighted by Crippen LogP contribution is -2.02. The summed E-state index contributed by atoms with van der Waals surface area (Å²) in [6.45, 7) is 0. The highest BCUT2D eigenvalue weighted by Crippen LogP contribution is 2.17. The fourth-order valence-corrected chi connectivity index (χ4v) is 2.07. The number of aromatic amines is 1. The molecule has 0 aliphatic rings. The van der Waals surface area contributed by atoms with Gasteiger partial charge in [0.05, 0.1) is 18.0 Å². The molecule has 2 heterocycles. The van der Waals surface area contributed by atoms with Crippen LogP contribution in [0.2, 0.25) is 0 Å². The maximum absolute atomic E-state index is 11.2. The quantitative estimate of drug-likeness (QED) is 0.570. The third-order valence-corrected chi connectivity index (χ3v) is 3.16. The smallest absolute Gasteiger partial charge is 0.336 e. The number of carbonyl (C=O) groups is 1. The first-order valence-corrected chi connectivity index (χ1v) is 6.65. The minimum Gasteiger partial charge on any atom is -0.478 e. The number of aromatic nitrogens is 3. The monoisotopic (exact) mass is 314 g/mol. The van der Waals surface area contributed by atoms with Crippen LogP contribution in [0.1, 0.15) is 15.9 Å². The molecule has 8 heteroatoms. The van der Waals surface area contributed by atoms with Gasteiger partial charge in [0, 0.05) is 5.56 Å². The average Bonchev–Trinajstić information content (AvgIpc) is 3.15. The maximum Gasteiger partial charge on any atom is 0.336 e. The second-order valence-corrected chi connectivity index (χ2v) is 4.67. The van der Waals surface area contributed by atoms with E-state index in [0.29, 0.717) is 17.1 Å². The number of nitrogens with zero attached hydrogens (tertiary/aromatic N) is 3. The number of nitrogens with one attached hydrogen (secondary N) is 1. The number of H-pyrrole nitrogens is 1. The highest BCUT2D eigenvalue weighted by atomic mass is 32.1. The molecule has 2 aromatic heterocycles. The molecular weight excluding hydrogens is 304 g/mol. The van der Waals surface area contributed by atoms with Crippen molar-refractivity contribution in [2.75, 3.05) is 0 Å². The summed E-state index contributed by atoms with van der Waals surface area (Å²) in [6, 6.07) is 9.99. The summed E-state index contributed by atoms with van der Waals surface area (Å²) in [5.41, 5.74) is 0.615. The van der Waals surface area contributed by atoms with E-state index in [9.17, 15) is 4.79 Å². The predicted octanol–water partition coefficient (Wildman–Crippen LogP) is 2.78.